The fourth-order valence-corrected chi connectivity index (χ4v) is 3.04. The Kier molecular flexibility index (Phi) is 5.37. The van der Waals surface area contributed by atoms with Crippen molar-refractivity contribution in [1.82, 2.24) is 9.80 Å². The van der Waals surface area contributed by atoms with Crippen molar-refractivity contribution in [3.8, 4) is 0 Å². The van der Waals surface area contributed by atoms with Gasteiger partial charge in [0.05, 0.1) is 19.2 Å². The molecule has 3 unspecified atom stereocenters. The second-order valence-corrected chi connectivity index (χ2v) is 6.08. The van der Waals surface area contributed by atoms with E-state index in [1.54, 1.807) is 4.90 Å². The number of rotatable bonds is 5. The number of nitrogens with zero attached hydrogens (tertiary/aromatic N) is 2. The van der Waals surface area contributed by atoms with E-state index in [0.29, 0.717) is 12.5 Å². The highest BCUT2D eigenvalue weighted by molar-refractivity contribution is 5.78. The van der Waals surface area contributed by atoms with Crippen LogP contribution in [-0.2, 0) is 4.79 Å². The first-order valence-electron chi connectivity index (χ1n) is 7.70. The van der Waals surface area contributed by atoms with Gasteiger partial charge < -0.3 is 10.0 Å². The maximum atomic E-state index is 12.5. The molecule has 3 atom stereocenters. The van der Waals surface area contributed by atoms with E-state index in [-0.39, 0.29) is 24.6 Å². The summed E-state index contributed by atoms with van der Waals surface area (Å²) in [6.45, 7) is 5.60. The highest BCUT2D eigenvalue weighted by Gasteiger charge is 2.32. The Morgan fingerprint density at radius 1 is 1.43 bits per heavy atom. The minimum atomic E-state index is 0.0614. The molecule has 0 bridgehead atoms. The van der Waals surface area contributed by atoms with Gasteiger partial charge in [0.2, 0.25) is 5.91 Å². The van der Waals surface area contributed by atoms with Crippen LogP contribution in [0.15, 0.2) is 30.3 Å². The van der Waals surface area contributed by atoms with Crippen molar-refractivity contribution in [2.45, 2.75) is 32.4 Å². The SMILES string of the molecule is CC1CCN(CC(=O)N(C)C(C)c2ccccc2)C1CO. The minimum absolute atomic E-state index is 0.0614. The molecule has 0 aliphatic carbocycles. The van der Waals surface area contributed by atoms with E-state index >= 15 is 0 Å². The molecule has 1 fully saturated rings. The van der Waals surface area contributed by atoms with E-state index in [1.165, 1.54) is 0 Å². The summed E-state index contributed by atoms with van der Waals surface area (Å²) in [7, 11) is 1.85. The van der Waals surface area contributed by atoms with Crippen LogP contribution in [0.2, 0.25) is 0 Å². The first-order chi connectivity index (χ1) is 10.0. The number of likely N-dealkylation sites (N-methyl/N-ethyl adjacent to an activating group) is 1. The molecule has 21 heavy (non-hydrogen) atoms. The Balaban J connectivity index is 1.97. The molecule has 0 radical (unpaired) electrons. The quantitative estimate of drug-likeness (QED) is 0.901. The third-order valence-electron chi connectivity index (χ3n) is 4.78. The van der Waals surface area contributed by atoms with Crippen molar-refractivity contribution >= 4 is 5.91 Å². The molecule has 1 aliphatic rings. The number of hydrogen-bond donors (Lipinski definition) is 1. The predicted octanol–water partition coefficient (Wildman–Crippen LogP) is 1.91. The monoisotopic (exact) mass is 290 g/mol. The van der Waals surface area contributed by atoms with Gasteiger partial charge in [-0.1, -0.05) is 37.3 Å². The first kappa shape index (κ1) is 16.0. The lowest BCUT2D eigenvalue weighted by atomic mass is 10.0. The van der Waals surface area contributed by atoms with Crippen molar-refractivity contribution in [2.75, 3.05) is 26.7 Å². The summed E-state index contributed by atoms with van der Waals surface area (Å²) in [5, 5.41) is 9.48. The molecule has 1 aliphatic heterocycles. The third kappa shape index (κ3) is 3.63. The van der Waals surface area contributed by atoms with Crippen LogP contribution in [0.4, 0.5) is 0 Å². The average molecular weight is 290 g/mol. The van der Waals surface area contributed by atoms with Gasteiger partial charge in [-0.2, -0.15) is 0 Å². The van der Waals surface area contributed by atoms with E-state index in [4.69, 9.17) is 0 Å². The molecule has 1 aromatic rings. The van der Waals surface area contributed by atoms with E-state index in [9.17, 15) is 9.90 Å². The molecular weight excluding hydrogens is 264 g/mol. The molecule has 1 amide bonds. The van der Waals surface area contributed by atoms with Crippen LogP contribution in [0.3, 0.4) is 0 Å². The summed E-state index contributed by atoms with van der Waals surface area (Å²) in [4.78, 5) is 16.4. The molecule has 1 saturated heterocycles. The smallest absolute Gasteiger partial charge is 0.237 e. The highest BCUT2D eigenvalue weighted by atomic mass is 16.3. The van der Waals surface area contributed by atoms with Gasteiger partial charge in [0.25, 0.3) is 0 Å². The van der Waals surface area contributed by atoms with Crippen LogP contribution in [-0.4, -0.2) is 53.6 Å². The number of carbonyl (C=O) groups is 1. The molecule has 0 saturated carbocycles. The summed E-state index contributed by atoms with van der Waals surface area (Å²) in [6, 6.07) is 10.2. The number of carbonyl (C=O) groups excluding carboxylic acids is 1. The Hall–Kier alpha value is -1.39. The zero-order chi connectivity index (χ0) is 15.4. The van der Waals surface area contributed by atoms with Crippen LogP contribution in [0.5, 0.6) is 0 Å². The summed E-state index contributed by atoms with van der Waals surface area (Å²) in [5.41, 5.74) is 1.14. The standard InChI is InChI=1S/C17H26N2O2/c1-13-9-10-19(16(13)12-20)11-17(21)18(3)14(2)15-7-5-4-6-8-15/h4-8,13-14,16,20H,9-12H2,1-3H3. The first-order valence-corrected chi connectivity index (χ1v) is 7.70. The second kappa shape index (κ2) is 7.05. The second-order valence-electron chi connectivity index (χ2n) is 6.08. The van der Waals surface area contributed by atoms with E-state index in [0.717, 1.165) is 18.5 Å². The number of aliphatic hydroxyl groups is 1. The molecule has 1 aromatic carbocycles. The number of benzene rings is 1. The lowest BCUT2D eigenvalue weighted by Crippen LogP contribution is -2.43. The molecule has 4 nitrogen and oxygen atoms in total. The molecule has 2 rings (SSSR count). The molecule has 0 aromatic heterocycles. The largest absolute Gasteiger partial charge is 0.395 e. The van der Waals surface area contributed by atoms with Crippen LogP contribution in [0.25, 0.3) is 0 Å². The Bertz CT molecular complexity index is 463. The predicted molar refractivity (Wildman–Crippen MR) is 83.9 cm³/mol. The van der Waals surface area contributed by atoms with Crippen molar-refractivity contribution in [3.63, 3.8) is 0 Å². The fourth-order valence-electron chi connectivity index (χ4n) is 3.04. The lowest BCUT2D eigenvalue weighted by Gasteiger charge is -2.30. The van der Waals surface area contributed by atoms with Crippen LogP contribution in [0.1, 0.15) is 31.9 Å². The van der Waals surface area contributed by atoms with Gasteiger partial charge in [-0.25, -0.2) is 0 Å². The summed E-state index contributed by atoms with van der Waals surface area (Å²) in [6.07, 6.45) is 1.05. The zero-order valence-electron chi connectivity index (χ0n) is 13.2. The highest BCUT2D eigenvalue weighted by Crippen LogP contribution is 2.24. The number of amides is 1. The van der Waals surface area contributed by atoms with Crippen molar-refractivity contribution in [1.29, 1.82) is 0 Å². The molecule has 4 heteroatoms. The van der Waals surface area contributed by atoms with Crippen molar-refractivity contribution in [3.05, 3.63) is 35.9 Å². The summed E-state index contributed by atoms with van der Waals surface area (Å²) >= 11 is 0. The van der Waals surface area contributed by atoms with Gasteiger partial charge in [-0.15, -0.1) is 0 Å². The van der Waals surface area contributed by atoms with E-state index in [1.807, 2.05) is 44.3 Å². The Morgan fingerprint density at radius 3 is 2.71 bits per heavy atom. The normalized spacial score (nSPS) is 24.0. The van der Waals surface area contributed by atoms with Gasteiger partial charge in [0.15, 0.2) is 0 Å². The van der Waals surface area contributed by atoms with Crippen molar-refractivity contribution in [2.24, 2.45) is 5.92 Å². The average Bonchev–Trinajstić information content (AvgIpc) is 2.86. The fraction of sp³-hybridized carbons (Fsp3) is 0.588. The molecule has 1 heterocycles. The number of hydrogen-bond acceptors (Lipinski definition) is 3. The zero-order valence-corrected chi connectivity index (χ0v) is 13.2. The van der Waals surface area contributed by atoms with E-state index < -0.39 is 0 Å². The molecule has 1 N–H and O–H groups in total. The van der Waals surface area contributed by atoms with Gasteiger partial charge in [-0.3, -0.25) is 9.69 Å². The van der Waals surface area contributed by atoms with Crippen molar-refractivity contribution < 1.29 is 9.90 Å². The maximum absolute atomic E-state index is 12.5. The lowest BCUT2D eigenvalue weighted by molar-refractivity contribution is -0.133. The van der Waals surface area contributed by atoms with Gasteiger partial charge in [-0.05, 0) is 31.4 Å². The van der Waals surface area contributed by atoms with E-state index in [2.05, 4.69) is 11.8 Å². The van der Waals surface area contributed by atoms with Crippen LogP contribution in [0, 0.1) is 5.92 Å². The number of likely N-dealkylation sites (tertiary alicyclic amines) is 1. The Labute approximate surface area is 127 Å². The van der Waals surface area contributed by atoms with Gasteiger partial charge in [0, 0.05) is 13.1 Å². The minimum Gasteiger partial charge on any atom is -0.395 e. The summed E-state index contributed by atoms with van der Waals surface area (Å²) in [5.74, 6) is 0.568. The topological polar surface area (TPSA) is 43.8 Å². The van der Waals surface area contributed by atoms with Crippen LogP contribution >= 0.6 is 0 Å². The molecule has 116 valence electrons. The molecular formula is C17H26N2O2. The third-order valence-corrected chi connectivity index (χ3v) is 4.78. The number of aliphatic hydroxyl groups excluding tert-OH is 1. The van der Waals surface area contributed by atoms with Crippen LogP contribution < -0.4 is 0 Å². The summed E-state index contributed by atoms with van der Waals surface area (Å²) < 4.78 is 0. The molecule has 0 spiro atoms. The van der Waals surface area contributed by atoms with Gasteiger partial charge >= 0.3 is 0 Å². The maximum Gasteiger partial charge on any atom is 0.237 e. The Morgan fingerprint density at radius 2 is 2.10 bits per heavy atom. The van der Waals surface area contributed by atoms with Gasteiger partial charge in [0.1, 0.15) is 0 Å².